The number of rotatable bonds is 2. The lowest BCUT2D eigenvalue weighted by Gasteiger charge is -2.38. The Balaban J connectivity index is 2.03. The van der Waals surface area contributed by atoms with E-state index in [1.165, 1.54) is 0 Å². The molecule has 0 saturated carbocycles. The Morgan fingerprint density at radius 3 is 2.80 bits per heavy atom. The van der Waals surface area contributed by atoms with Crippen molar-refractivity contribution in [1.29, 1.82) is 0 Å². The lowest BCUT2D eigenvalue weighted by atomic mass is 9.91. The molecule has 2 unspecified atom stereocenters. The van der Waals surface area contributed by atoms with E-state index in [0.717, 1.165) is 5.56 Å². The first-order valence-corrected chi connectivity index (χ1v) is 6.45. The average Bonchev–Trinajstić information content (AvgIpc) is 2.48. The van der Waals surface area contributed by atoms with E-state index in [2.05, 4.69) is 0 Å². The molecular formula is C16H16O4. The first kappa shape index (κ1) is 13.0. The normalized spacial score (nSPS) is 24.6. The maximum atomic E-state index is 10.8. The van der Waals surface area contributed by atoms with Gasteiger partial charge in [0.05, 0.1) is 7.11 Å². The topological polar surface area (TPSA) is 58.9 Å². The standard InChI is InChI=1S/C16H16O4/c1-19-13-7-4-6-12(10-13)16(18)15(17)9-11-5-2-3-8-14(11)20-16/h2-8,10,15,17-18H,9H2,1H3. The molecule has 20 heavy (non-hydrogen) atoms. The summed E-state index contributed by atoms with van der Waals surface area (Å²) in [5, 5.41) is 21.0. The van der Waals surface area contributed by atoms with E-state index in [9.17, 15) is 10.2 Å². The second-order valence-corrected chi connectivity index (χ2v) is 4.86. The van der Waals surface area contributed by atoms with Crippen molar-refractivity contribution in [1.82, 2.24) is 0 Å². The van der Waals surface area contributed by atoms with Gasteiger partial charge >= 0.3 is 0 Å². The van der Waals surface area contributed by atoms with Gasteiger partial charge < -0.3 is 19.7 Å². The van der Waals surface area contributed by atoms with Gasteiger partial charge in [0.15, 0.2) is 0 Å². The van der Waals surface area contributed by atoms with Crippen molar-refractivity contribution in [3.63, 3.8) is 0 Å². The van der Waals surface area contributed by atoms with Gasteiger partial charge in [0, 0.05) is 12.0 Å². The van der Waals surface area contributed by atoms with Gasteiger partial charge in [-0.15, -0.1) is 0 Å². The predicted molar refractivity (Wildman–Crippen MR) is 73.7 cm³/mol. The number of benzene rings is 2. The third-order valence-electron chi connectivity index (χ3n) is 3.59. The Bertz CT molecular complexity index is 625. The summed E-state index contributed by atoms with van der Waals surface area (Å²) in [5.41, 5.74) is 1.35. The molecule has 1 heterocycles. The van der Waals surface area contributed by atoms with Crippen molar-refractivity contribution in [2.45, 2.75) is 18.3 Å². The molecule has 2 aromatic rings. The van der Waals surface area contributed by atoms with Crippen LogP contribution in [0.15, 0.2) is 48.5 Å². The van der Waals surface area contributed by atoms with Gasteiger partial charge in [0.25, 0.3) is 5.79 Å². The van der Waals surface area contributed by atoms with Crippen LogP contribution >= 0.6 is 0 Å². The minimum atomic E-state index is -1.76. The van der Waals surface area contributed by atoms with Crippen molar-refractivity contribution in [2.75, 3.05) is 7.11 Å². The van der Waals surface area contributed by atoms with Crippen LogP contribution < -0.4 is 9.47 Å². The zero-order chi connectivity index (χ0) is 14.2. The highest BCUT2D eigenvalue weighted by molar-refractivity contribution is 5.40. The Morgan fingerprint density at radius 1 is 1.20 bits per heavy atom. The molecule has 2 N–H and O–H groups in total. The Hall–Kier alpha value is -2.04. The van der Waals surface area contributed by atoms with Crippen molar-refractivity contribution >= 4 is 0 Å². The second kappa shape index (κ2) is 4.81. The molecular weight excluding hydrogens is 256 g/mol. The smallest absolute Gasteiger partial charge is 0.261 e. The maximum Gasteiger partial charge on any atom is 0.261 e. The van der Waals surface area contributed by atoms with Gasteiger partial charge in [-0.1, -0.05) is 30.3 Å². The number of fused-ring (bicyclic) bond motifs is 1. The molecule has 0 radical (unpaired) electrons. The summed E-state index contributed by atoms with van der Waals surface area (Å²) in [6.45, 7) is 0. The fraction of sp³-hybridized carbons (Fsp3) is 0.250. The monoisotopic (exact) mass is 272 g/mol. The SMILES string of the molecule is COc1cccc(C2(O)Oc3ccccc3CC2O)c1. The van der Waals surface area contributed by atoms with E-state index in [1.54, 1.807) is 37.4 Å². The van der Waals surface area contributed by atoms with Gasteiger partial charge in [-0.2, -0.15) is 0 Å². The number of aliphatic hydroxyl groups excluding tert-OH is 1. The number of para-hydroxylation sites is 1. The highest BCUT2D eigenvalue weighted by Crippen LogP contribution is 2.38. The summed E-state index contributed by atoms with van der Waals surface area (Å²) in [7, 11) is 1.55. The summed E-state index contributed by atoms with van der Waals surface area (Å²) in [4.78, 5) is 0. The number of hydrogen-bond acceptors (Lipinski definition) is 4. The van der Waals surface area contributed by atoms with Crippen molar-refractivity contribution in [3.8, 4) is 11.5 Å². The average molecular weight is 272 g/mol. The summed E-state index contributed by atoms with van der Waals surface area (Å²) >= 11 is 0. The van der Waals surface area contributed by atoms with Crippen molar-refractivity contribution in [3.05, 3.63) is 59.7 Å². The molecule has 1 aliphatic heterocycles. The molecule has 0 saturated heterocycles. The third-order valence-corrected chi connectivity index (χ3v) is 3.59. The zero-order valence-corrected chi connectivity index (χ0v) is 11.1. The summed E-state index contributed by atoms with van der Waals surface area (Å²) < 4.78 is 10.8. The summed E-state index contributed by atoms with van der Waals surface area (Å²) in [6, 6.07) is 14.3. The number of methoxy groups -OCH3 is 1. The first-order valence-electron chi connectivity index (χ1n) is 6.45. The fourth-order valence-corrected chi connectivity index (χ4v) is 2.45. The highest BCUT2D eigenvalue weighted by Gasteiger charge is 2.44. The van der Waals surface area contributed by atoms with E-state index in [-0.39, 0.29) is 0 Å². The molecule has 2 aromatic carbocycles. The maximum absolute atomic E-state index is 10.8. The lowest BCUT2D eigenvalue weighted by Crippen LogP contribution is -2.48. The van der Waals surface area contributed by atoms with Crippen molar-refractivity contribution in [2.24, 2.45) is 0 Å². The molecule has 0 aliphatic carbocycles. The van der Waals surface area contributed by atoms with Gasteiger partial charge in [0.2, 0.25) is 0 Å². The van der Waals surface area contributed by atoms with Gasteiger partial charge in [-0.3, -0.25) is 0 Å². The van der Waals surface area contributed by atoms with Crippen LogP contribution in [0.1, 0.15) is 11.1 Å². The Morgan fingerprint density at radius 2 is 2.00 bits per heavy atom. The molecule has 0 aromatic heterocycles. The van der Waals surface area contributed by atoms with Gasteiger partial charge in [0.1, 0.15) is 17.6 Å². The third kappa shape index (κ3) is 2.03. The fourth-order valence-electron chi connectivity index (χ4n) is 2.45. The van der Waals surface area contributed by atoms with E-state index in [0.29, 0.717) is 23.5 Å². The van der Waals surface area contributed by atoms with Crippen LogP contribution in [0.2, 0.25) is 0 Å². The van der Waals surface area contributed by atoms with Crippen LogP contribution in [0.4, 0.5) is 0 Å². The molecule has 2 atom stereocenters. The van der Waals surface area contributed by atoms with Crippen LogP contribution in [0, 0.1) is 0 Å². The van der Waals surface area contributed by atoms with Crippen LogP contribution in [0.5, 0.6) is 11.5 Å². The molecule has 0 bridgehead atoms. The Labute approximate surface area is 117 Å². The molecule has 3 rings (SSSR count). The second-order valence-electron chi connectivity index (χ2n) is 4.86. The molecule has 0 fully saturated rings. The van der Waals surface area contributed by atoms with E-state index < -0.39 is 11.9 Å². The van der Waals surface area contributed by atoms with E-state index in [1.807, 2.05) is 18.2 Å². The minimum Gasteiger partial charge on any atom is -0.497 e. The number of hydrogen-bond donors (Lipinski definition) is 2. The predicted octanol–water partition coefficient (Wildman–Crippen LogP) is 1.84. The molecule has 1 aliphatic rings. The van der Waals surface area contributed by atoms with Gasteiger partial charge in [-0.25, -0.2) is 0 Å². The van der Waals surface area contributed by atoms with E-state index in [4.69, 9.17) is 9.47 Å². The molecule has 0 spiro atoms. The quantitative estimate of drug-likeness (QED) is 0.875. The molecule has 4 heteroatoms. The van der Waals surface area contributed by atoms with Crippen molar-refractivity contribution < 1.29 is 19.7 Å². The van der Waals surface area contributed by atoms with Gasteiger partial charge in [-0.05, 0) is 23.8 Å². The minimum absolute atomic E-state index is 0.337. The highest BCUT2D eigenvalue weighted by atomic mass is 16.6. The van der Waals surface area contributed by atoms with Crippen LogP contribution in [-0.4, -0.2) is 23.4 Å². The molecule has 0 amide bonds. The van der Waals surface area contributed by atoms with Crippen LogP contribution in [0.25, 0.3) is 0 Å². The number of aliphatic hydroxyl groups is 2. The van der Waals surface area contributed by atoms with E-state index >= 15 is 0 Å². The van der Waals surface area contributed by atoms with Crippen LogP contribution in [0.3, 0.4) is 0 Å². The Kier molecular flexibility index (Phi) is 3.12. The summed E-state index contributed by atoms with van der Waals surface area (Å²) in [6.07, 6.45) is -0.700. The molecule has 4 nitrogen and oxygen atoms in total. The zero-order valence-electron chi connectivity index (χ0n) is 11.1. The summed E-state index contributed by atoms with van der Waals surface area (Å²) in [5.74, 6) is -0.572. The molecule has 104 valence electrons. The first-order chi connectivity index (χ1) is 9.63. The number of ether oxygens (including phenoxy) is 2. The van der Waals surface area contributed by atoms with Crippen LogP contribution in [-0.2, 0) is 12.2 Å². The largest absolute Gasteiger partial charge is 0.497 e. The lowest BCUT2D eigenvalue weighted by molar-refractivity contribution is -0.222.